The van der Waals surface area contributed by atoms with Crippen molar-refractivity contribution in [2.75, 3.05) is 17.2 Å². The summed E-state index contributed by atoms with van der Waals surface area (Å²) in [5, 5.41) is 8.33. The predicted molar refractivity (Wildman–Crippen MR) is 130 cm³/mol. The van der Waals surface area contributed by atoms with E-state index in [-0.39, 0.29) is 41.8 Å². The fraction of sp³-hybridized carbons (Fsp3) is 0.130. The lowest BCUT2D eigenvalue weighted by atomic mass is 10.1. The molecule has 0 unspecified atom stereocenters. The Hall–Kier alpha value is -4.39. The second-order valence-corrected chi connectivity index (χ2v) is 7.39. The molecule has 0 aliphatic rings. The zero-order valence-corrected chi connectivity index (χ0v) is 19.8. The van der Waals surface area contributed by atoms with E-state index in [4.69, 9.17) is 4.74 Å². The van der Waals surface area contributed by atoms with E-state index in [1.807, 2.05) is 0 Å². The molecule has 37 heavy (non-hydrogen) atoms. The Kier molecular flexibility index (Phi) is 8.17. The molecule has 2 aromatic carbocycles. The number of H-pyrrole nitrogens is 1. The number of anilines is 2. The van der Waals surface area contributed by atoms with Gasteiger partial charge in [-0.3, -0.25) is 4.79 Å². The van der Waals surface area contributed by atoms with Gasteiger partial charge < -0.3 is 20.4 Å². The molecule has 14 heteroatoms. The number of aromatic nitrogens is 4. The van der Waals surface area contributed by atoms with Gasteiger partial charge in [0.15, 0.2) is 5.75 Å². The number of ether oxygens (including phenoxy) is 1. The molecule has 0 aliphatic heterocycles. The summed E-state index contributed by atoms with van der Waals surface area (Å²) >= 11 is 0. The SMILES string of the molecule is CCOc1cc(-c2ccc(NC(=O)Nc3cc(-n4cncn4)cc(C(F)(F)F)c3)c(F)c2)c[nH]c1=O.Cl. The van der Waals surface area contributed by atoms with Gasteiger partial charge >= 0.3 is 12.2 Å². The molecule has 9 nitrogen and oxygen atoms in total. The van der Waals surface area contributed by atoms with Crippen molar-refractivity contribution in [3.05, 3.63) is 83.1 Å². The summed E-state index contributed by atoms with van der Waals surface area (Å²) in [7, 11) is 0. The van der Waals surface area contributed by atoms with E-state index in [1.165, 1.54) is 36.8 Å². The van der Waals surface area contributed by atoms with Gasteiger partial charge in [-0.15, -0.1) is 12.4 Å². The highest BCUT2D eigenvalue weighted by atomic mass is 35.5. The maximum absolute atomic E-state index is 14.7. The molecule has 4 aromatic rings. The van der Waals surface area contributed by atoms with Gasteiger partial charge in [-0.25, -0.2) is 18.9 Å². The van der Waals surface area contributed by atoms with Crippen LogP contribution in [0.4, 0.5) is 33.7 Å². The Morgan fingerprint density at radius 3 is 2.54 bits per heavy atom. The molecule has 194 valence electrons. The molecule has 2 amide bonds. The number of benzene rings is 2. The molecule has 0 saturated carbocycles. The summed E-state index contributed by atoms with van der Waals surface area (Å²) in [5.41, 5.74) is -0.981. The lowest BCUT2D eigenvalue weighted by molar-refractivity contribution is -0.137. The highest BCUT2D eigenvalue weighted by molar-refractivity contribution is 6.00. The molecule has 3 N–H and O–H groups in total. The normalized spacial score (nSPS) is 10.9. The van der Waals surface area contributed by atoms with Gasteiger partial charge in [0.05, 0.1) is 23.5 Å². The van der Waals surface area contributed by atoms with Crippen molar-refractivity contribution in [3.8, 4) is 22.6 Å². The van der Waals surface area contributed by atoms with Crippen LogP contribution in [-0.2, 0) is 6.18 Å². The van der Waals surface area contributed by atoms with Crippen molar-refractivity contribution in [1.82, 2.24) is 19.7 Å². The number of halogens is 5. The Morgan fingerprint density at radius 1 is 1.11 bits per heavy atom. The number of carbonyl (C=O) groups is 1. The van der Waals surface area contributed by atoms with Crippen LogP contribution in [0.3, 0.4) is 0 Å². The van der Waals surface area contributed by atoms with Gasteiger partial charge in [0.25, 0.3) is 5.56 Å². The first-order valence-electron chi connectivity index (χ1n) is 10.4. The van der Waals surface area contributed by atoms with Crippen LogP contribution < -0.4 is 20.9 Å². The quantitative estimate of drug-likeness (QED) is 0.290. The summed E-state index contributed by atoms with van der Waals surface area (Å²) in [4.78, 5) is 30.4. The zero-order valence-electron chi connectivity index (χ0n) is 19.0. The Morgan fingerprint density at radius 2 is 1.89 bits per heavy atom. The van der Waals surface area contributed by atoms with Crippen LogP contribution in [0.1, 0.15) is 12.5 Å². The molecule has 2 aromatic heterocycles. The smallest absolute Gasteiger partial charge is 0.416 e. The topological polar surface area (TPSA) is 114 Å². The van der Waals surface area contributed by atoms with Gasteiger partial charge in [-0.2, -0.15) is 18.3 Å². The first kappa shape index (κ1) is 27.2. The number of nitrogens with one attached hydrogen (secondary N) is 3. The van der Waals surface area contributed by atoms with E-state index in [0.29, 0.717) is 11.1 Å². The van der Waals surface area contributed by atoms with E-state index >= 15 is 0 Å². The largest absolute Gasteiger partial charge is 0.488 e. The Balaban J connectivity index is 0.00000380. The van der Waals surface area contributed by atoms with E-state index in [0.717, 1.165) is 29.2 Å². The average molecular weight is 539 g/mol. The summed E-state index contributed by atoms with van der Waals surface area (Å²) in [6.07, 6.45) is -0.942. The van der Waals surface area contributed by atoms with Crippen molar-refractivity contribution in [2.45, 2.75) is 13.1 Å². The molecule has 0 fully saturated rings. The second kappa shape index (κ2) is 11.1. The minimum Gasteiger partial charge on any atom is -0.488 e. The van der Waals surface area contributed by atoms with Gasteiger partial charge in [0, 0.05) is 17.4 Å². The minimum absolute atomic E-state index is 0. The number of pyridine rings is 1. The van der Waals surface area contributed by atoms with Crippen LogP contribution in [-0.4, -0.2) is 32.4 Å². The fourth-order valence-electron chi connectivity index (χ4n) is 3.29. The molecule has 0 bridgehead atoms. The van der Waals surface area contributed by atoms with E-state index < -0.39 is 29.1 Å². The number of carbonyl (C=O) groups excluding carboxylic acids is 1. The van der Waals surface area contributed by atoms with Gasteiger partial charge in [-0.1, -0.05) is 6.07 Å². The monoisotopic (exact) mass is 538 g/mol. The third-order valence-corrected chi connectivity index (χ3v) is 4.91. The minimum atomic E-state index is -4.69. The third-order valence-electron chi connectivity index (χ3n) is 4.91. The molecule has 0 radical (unpaired) electrons. The lowest BCUT2D eigenvalue weighted by Gasteiger charge is -2.14. The van der Waals surface area contributed by atoms with Crippen molar-refractivity contribution in [3.63, 3.8) is 0 Å². The number of aromatic amines is 1. The molecular weight excluding hydrogens is 520 g/mol. The van der Waals surface area contributed by atoms with E-state index in [2.05, 4.69) is 25.7 Å². The molecule has 0 spiro atoms. The van der Waals surface area contributed by atoms with Gasteiger partial charge in [0.1, 0.15) is 18.5 Å². The van der Waals surface area contributed by atoms with Crippen molar-refractivity contribution in [1.29, 1.82) is 0 Å². The third kappa shape index (κ3) is 6.44. The Labute approximate surface area is 212 Å². The highest BCUT2D eigenvalue weighted by Gasteiger charge is 2.31. The van der Waals surface area contributed by atoms with Crippen LogP contribution >= 0.6 is 12.4 Å². The number of amides is 2. The molecule has 0 saturated heterocycles. The van der Waals surface area contributed by atoms with Gasteiger partial charge in [0.2, 0.25) is 0 Å². The number of urea groups is 1. The van der Waals surface area contributed by atoms with Gasteiger partial charge in [-0.05, 0) is 48.9 Å². The standard InChI is InChI=1S/C23H18F4N6O3.ClH/c1-2-36-20-6-14(10-29-21(20)34)13-3-4-19(18(24)5-13)32-22(35)31-16-7-15(23(25,26)27)8-17(9-16)33-12-28-11-30-33;/h3-12H,2H2,1H3,(H,29,34)(H2,31,32,35);1H. The van der Waals surface area contributed by atoms with Crippen molar-refractivity contribution >= 4 is 29.8 Å². The maximum atomic E-state index is 14.7. The average Bonchev–Trinajstić information content (AvgIpc) is 3.36. The molecule has 2 heterocycles. The number of hydrogen-bond donors (Lipinski definition) is 3. The summed E-state index contributed by atoms with van der Waals surface area (Å²) in [6.45, 7) is 1.98. The fourth-order valence-corrected chi connectivity index (χ4v) is 3.29. The number of hydrogen-bond acceptors (Lipinski definition) is 5. The molecule has 4 rings (SSSR count). The molecule has 0 atom stereocenters. The van der Waals surface area contributed by atoms with Crippen LogP contribution in [0, 0.1) is 5.82 Å². The first-order chi connectivity index (χ1) is 17.1. The van der Waals surface area contributed by atoms with E-state index in [1.54, 1.807) is 6.92 Å². The lowest BCUT2D eigenvalue weighted by Crippen LogP contribution is -2.21. The van der Waals surface area contributed by atoms with Crippen LogP contribution in [0.15, 0.2) is 66.1 Å². The maximum Gasteiger partial charge on any atom is 0.416 e. The molecule has 0 aliphatic carbocycles. The zero-order chi connectivity index (χ0) is 25.9. The van der Waals surface area contributed by atoms with Crippen molar-refractivity contribution < 1.29 is 27.1 Å². The summed E-state index contributed by atoms with van der Waals surface area (Å²) in [5.74, 6) is -0.734. The molecular formula is C23H19ClF4N6O3. The summed E-state index contributed by atoms with van der Waals surface area (Å²) < 4.78 is 61.1. The highest BCUT2D eigenvalue weighted by Crippen LogP contribution is 2.33. The van der Waals surface area contributed by atoms with Crippen LogP contribution in [0.25, 0.3) is 16.8 Å². The first-order valence-corrected chi connectivity index (χ1v) is 10.4. The van der Waals surface area contributed by atoms with Crippen LogP contribution in [0.5, 0.6) is 5.75 Å². The second-order valence-electron chi connectivity index (χ2n) is 7.39. The predicted octanol–water partition coefficient (Wildman–Crippen LogP) is 5.25. The number of nitrogens with zero attached hydrogens (tertiary/aromatic N) is 3. The number of rotatable bonds is 6. The van der Waals surface area contributed by atoms with E-state index in [9.17, 15) is 27.2 Å². The number of alkyl halides is 3. The van der Waals surface area contributed by atoms with Crippen LogP contribution in [0.2, 0.25) is 0 Å². The summed E-state index contributed by atoms with van der Waals surface area (Å²) in [6, 6.07) is 7.25. The van der Waals surface area contributed by atoms with Crippen molar-refractivity contribution in [2.24, 2.45) is 0 Å². The Bertz CT molecular complexity index is 1460.